The van der Waals surface area contributed by atoms with E-state index in [2.05, 4.69) is 11.4 Å². The molecule has 1 atom stereocenters. The highest BCUT2D eigenvalue weighted by Crippen LogP contribution is 2.23. The van der Waals surface area contributed by atoms with Crippen molar-refractivity contribution in [3.05, 3.63) is 34.9 Å². The minimum atomic E-state index is -2.89. The van der Waals surface area contributed by atoms with Gasteiger partial charge in [-0.1, -0.05) is 12.1 Å². The van der Waals surface area contributed by atoms with Gasteiger partial charge in [0.15, 0.2) is 15.6 Å². The van der Waals surface area contributed by atoms with E-state index in [9.17, 15) is 13.2 Å². The van der Waals surface area contributed by atoms with E-state index in [1.54, 1.807) is 0 Å². The lowest BCUT2D eigenvalue weighted by Gasteiger charge is -2.10. The van der Waals surface area contributed by atoms with Gasteiger partial charge in [0.25, 0.3) is 0 Å². The van der Waals surface area contributed by atoms with E-state index >= 15 is 0 Å². The van der Waals surface area contributed by atoms with Crippen LogP contribution in [0.2, 0.25) is 0 Å². The van der Waals surface area contributed by atoms with Crippen molar-refractivity contribution in [1.82, 2.24) is 5.32 Å². The predicted octanol–water partition coefficient (Wildman–Crippen LogP) is 1.13. The summed E-state index contributed by atoms with van der Waals surface area (Å²) in [6, 6.07) is 5.87. The van der Waals surface area contributed by atoms with Gasteiger partial charge in [-0.3, -0.25) is 4.79 Å². The van der Waals surface area contributed by atoms with Crippen LogP contribution in [0.1, 0.15) is 34.3 Å². The zero-order valence-corrected chi connectivity index (χ0v) is 12.2. The number of hydrogen-bond donors (Lipinski definition) is 1. The topological polar surface area (TPSA) is 63.2 Å². The van der Waals surface area contributed by atoms with Crippen molar-refractivity contribution < 1.29 is 13.2 Å². The molecule has 2 aliphatic rings. The Morgan fingerprint density at radius 1 is 1.25 bits per heavy atom. The number of ketones is 1. The molecule has 0 bridgehead atoms. The molecule has 1 aliphatic carbocycles. The van der Waals surface area contributed by atoms with Crippen LogP contribution < -0.4 is 5.32 Å². The molecule has 0 radical (unpaired) electrons. The van der Waals surface area contributed by atoms with Crippen molar-refractivity contribution in [2.24, 2.45) is 0 Å². The third-order valence-electron chi connectivity index (χ3n) is 4.20. The number of Topliss-reactive ketones (excluding diaryl/α,β-unsaturated/α-hetero) is 1. The van der Waals surface area contributed by atoms with Crippen LogP contribution in [-0.4, -0.2) is 38.3 Å². The van der Waals surface area contributed by atoms with Crippen LogP contribution in [0.25, 0.3) is 0 Å². The van der Waals surface area contributed by atoms with E-state index in [0.717, 1.165) is 18.4 Å². The summed E-state index contributed by atoms with van der Waals surface area (Å²) in [4.78, 5) is 12.2. The Morgan fingerprint density at radius 2 is 2.05 bits per heavy atom. The molecule has 1 aliphatic heterocycles. The van der Waals surface area contributed by atoms with E-state index in [4.69, 9.17) is 0 Å². The van der Waals surface area contributed by atoms with Gasteiger partial charge in [0.05, 0.1) is 18.1 Å². The molecule has 1 heterocycles. The number of rotatable bonds is 4. The third-order valence-corrected chi connectivity index (χ3v) is 5.97. The zero-order chi connectivity index (χ0) is 14.2. The van der Waals surface area contributed by atoms with Gasteiger partial charge < -0.3 is 5.32 Å². The summed E-state index contributed by atoms with van der Waals surface area (Å²) >= 11 is 0. The number of benzene rings is 1. The quantitative estimate of drug-likeness (QED) is 0.846. The summed E-state index contributed by atoms with van der Waals surface area (Å²) in [6.07, 6.45) is 3.96. The van der Waals surface area contributed by atoms with Crippen molar-refractivity contribution in [2.45, 2.75) is 31.7 Å². The Balaban J connectivity index is 1.60. The molecule has 1 saturated heterocycles. The smallest absolute Gasteiger partial charge is 0.176 e. The Morgan fingerprint density at radius 3 is 2.80 bits per heavy atom. The van der Waals surface area contributed by atoms with Crippen LogP contribution in [0.4, 0.5) is 0 Å². The maximum atomic E-state index is 12.2. The van der Waals surface area contributed by atoms with Crippen LogP contribution in [0.5, 0.6) is 0 Å². The van der Waals surface area contributed by atoms with Crippen LogP contribution in [0.15, 0.2) is 18.2 Å². The normalized spacial score (nSPS) is 23.7. The summed E-state index contributed by atoms with van der Waals surface area (Å²) in [5.41, 5.74) is 3.38. The highest BCUT2D eigenvalue weighted by atomic mass is 32.2. The second kappa shape index (κ2) is 5.30. The molecule has 5 heteroatoms. The standard InChI is InChI=1S/C15H19NO3S/c17-15(9-16-14-6-7-20(18,19)10-14)13-5-4-11-2-1-3-12(11)8-13/h4-5,8,14,16H,1-3,6-7,9-10H2. The van der Waals surface area contributed by atoms with Crippen molar-refractivity contribution in [1.29, 1.82) is 0 Å². The van der Waals surface area contributed by atoms with Crippen LogP contribution in [0.3, 0.4) is 0 Å². The van der Waals surface area contributed by atoms with Gasteiger partial charge in [0, 0.05) is 11.6 Å². The summed E-state index contributed by atoms with van der Waals surface area (Å²) in [6.45, 7) is 0.221. The Kier molecular flexibility index (Phi) is 3.65. The lowest BCUT2D eigenvalue weighted by Crippen LogP contribution is -2.34. The van der Waals surface area contributed by atoms with Gasteiger partial charge >= 0.3 is 0 Å². The van der Waals surface area contributed by atoms with E-state index < -0.39 is 9.84 Å². The van der Waals surface area contributed by atoms with Gasteiger partial charge in [-0.2, -0.15) is 0 Å². The molecule has 1 N–H and O–H groups in total. The average Bonchev–Trinajstić information content (AvgIpc) is 3.01. The number of nitrogens with one attached hydrogen (secondary N) is 1. The Bertz CT molecular complexity index is 637. The van der Waals surface area contributed by atoms with Crippen molar-refractivity contribution in [3.8, 4) is 0 Å². The molecule has 1 aromatic rings. The highest BCUT2D eigenvalue weighted by molar-refractivity contribution is 7.91. The largest absolute Gasteiger partial charge is 0.306 e. The SMILES string of the molecule is O=C(CNC1CCS(=O)(=O)C1)c1ccc2c(c1)CCC2. The van der Waals surface area contributed by atoms with E-state index in [1.165, 1.54) is 17.5 Å². The molecule has 1 aromatic carbocycles. The molecule has 1 fully saturated rings. The molecule has 3 rings (SSSR count). The second-order valence-electron chi connectivity index (χ2n) is 5.74. The molecule has 0 amide bonds. The minimum Gasteiger partial charge on any atom is -0.306 e. The van der Waals surface area contributed by atoms with Gasteiger partial charge in [-0.05, 0) is 42.9 Å². The predicted molar refractivity (Wildman–Crippen MR) is 77.9 cm³/mol. The average molecular weight is 293 g/mol. The molecule has 0 saturated carbocycles. The molecule has 0 spiro atoms. The first-order valence-corrected chi connectivity index (χ1v) is 8.94. The Labute approximate surface area is 119 Å². The van der Waals surface area contributed by atoms with Crippen molar-refractivity contribution >= 4 is 15.6 Å². The fourth-order valence-electron chi connectivity index (χ4n) is 3.04. The maximum Gasteiger partial charge on any atom is 0.176 e. The van der Waals surface area contributed by atoms with Crippen LogP contribution in [0, 0.1) is 0 Å². The fourth-order valence-corrected chi connectivity index (χ4v) is 4.75. The molecule has 20 heavy (non-hydrogen) atoms. The van der Waals surface area contributed by atoms with Crippen LogP contribution >= 0.6 is 0 Å². The molecular weight excluding hydrogens is 274 g/mol. The number of hydrogen-bond acceptors (Lipinski definition) is 4. The lowest BCUT2D eigenvalue weighted by molar-refractivity contribution is 0.0988. The maximum absolute atomic E-state index is 12.2. The molecule has 0 aromatic heterocycles. The molecule has 1 unspecified atom stereocenters. The zero-order valence-electron chi connectivity index (χ0n) is 11.4. The summed E-state index contributed by atoms with van der Waals surface area (Å²) in [5.74, 6) is 0.436. The minimum absolute atomic E-state index is 0.0454. The van der Waals surface area contributed by atoms with E-state index in [1.807, 2.05) is 12.1 Å². The number of carbonyl (C=O) groups is 1. The summed E-state index contributed by atoms with van der Waals surface area (Å²) < 4.78 is 22.7. The van der Waals surface area contributed by atoms with E-state index in [-0.39, 0.29) is 29.9 Å². The monoisotopic (exact) mass is 293 g/mol. The number of fused-ring (bicyclic) bond motifs is 1. The van der Waals surface area contributed by atoms with Gasteiger partial charge in [-0.25, -0.2) is 8.42 Å². The molecular formula is C15H19NO3S. The fraction of sp³-hybridized carbons (Fsp3) is 0.533. The molecule has 108 valence electrons. The molecule has 4 nitrogen and oxygen atoms in total. The highest BCUT2D eigenvalue weighted by Gasteiger charge is 2.27. The van der Waals surface area contributed by atoms with Gasteiger partial charge in [0.2, 0.25) is 0 Å². The van der Waals surface area contributed by atoms with Gasteiger partial charge in [0.1, 0.15) is 0 Å². The number of aryl methyl sites for hydroxylation is 2. The first-order chi connectivity index (χ1) is 9.53. The second-order valence-corrected chi connectivity index (χ2v) is 7.97. The van der Waals surface area contributed by atoms with Crippen molar-refractivity contribution in [3.63, 3.8) is 0 Å². The van der Waals surface area contributed by atoms with Crippen LogP contribution in [-0.2, 0) is 22.7 Å². The lowest BCUT2D eigenvalue weighted by atomic mass is 10.0. The summed E-state index contributed by atoms with van der Waals surface area (Å²) in [5, 5.41) is 3.07. The summed E-state index contributed by atoms with van der Waals surface area (Å²) in [7, 11) is -2.89. The van der Waals surface area contributed by atoms with Crippen molar-refractivity contribution in [2.75, 3.05) is 18.1 Å². The first-order valence-electron chi connectivity index (χ1n) is 7.12. The number of carbonyl (C=O) groups excluding carboxylic acids is 1. The third kappa shape index (κ3) is 2.94. The Hall–Kier alpha value is -1.20. The van der Waals surface area contributed by atoms with E-state index in [0.29, 0.717) is 6.42 Å². The first kappa shape index (κ1) is 13.8. The van der Waals surface area contributed by atoms with Gasteiger partial charge in [-0.15, -0.1) is 0 Å². The number of sulfone groups is 1.